The quantitative estimate of drug-likeness (QED) is 0.795. The fourth-order valence-electron chi connectivity index (χ4n) is 2.88. The van der Waals surface area contributed by atoms with Crippen LogP contribution >= 0.6 is 0 Å². The van der Waals surface area contributed by atoms with Crippen LogP contribution < -0.4 is 10.5 Å². The van der Waals surface area contributed by atoms with Crippen molar-refractivity contribution in [1.29, 1.82) is 0 Å². The topological polar surface area (TPSA) is 64.8 Å². The van der Waals surface area contributed by atoms with Crippen LogP contribution in [0.15, 0.2) is 18.2 Å². The van der Waals surface area contributed by atoms with Crippen LogP contribution in [0.4, 0.5) is 10.5 Å². The molecule has 1 heterocycles. The predicted octanol–water partition coefficient (Wildman–Crippen LogP) is 4.81. The second kappa shape index (κ2) is 8.45. The van der Waals surface area contributed by atoms with Crippen LogP contribution in [0.2, 0.25) is 0 Å². The number of benzene rings is 1. The highest BCUT2D eigenvalue weighted by molar-refractivity contribution is 5.68. The van der Waals surface area contributed by atoms with Gasteiger partial charge in [-0.05, 0) is 71.1 Å². The van der Waals surface area contributed by atoms with Crippen molar-refractivity contribution in [3.63, 3.8) is 0 Å². The maximum absolute atomic E-state index is 12.1. The van der Waals surface area contributed by atoms with Crippen LogP contribution in [0, 0.1) is 0 Å². The lowest BCUT2D eigenvalue weighted by Gasteiger charge is -2.33. The number of anilines is 1. The number of nitrogens with two attached hydrogens (primary N) is 1. The Morgan fingerprint density at radius 1 is 1.24 bits per heavy atom. The number of piperidine rings is 1. The van der Waals surface area contributed by atoms with E-state index in [9.17, 15) is 4.79 Å². The molecule has 1 saturated heterocycles. The SMILES string of the molecule is C.CC(C)Oc1cc(C2CCN(C(=O)OC(C)(C)C)CC2)ccc1N. The van der Waals surface area contributed by atoms with Crippen molar-refractivity contribution in [2.45, 2.75) is 72.5 Å². The molecule has 0 spiro atoms. The van der Waals surface area contributed by atoms with E-state index in [0.717, 1.165) is 18.6 Å². The summed E-state index contributed by atoms with van der Waals surface area (Å²) in [6.45, 7) is 11.1. The first-order valence-electron chi connectivity index (χ1n) is 8.69. The van der Waals surface area contributed by atoms with Gasteiger partial charge in [0, 0.05) is 13.1 Å². The standard InChI is InChI=1S/C19H30N2O3.CH4/c1-13(2)23-17-12-15(6-7-16(17)20)14-8-10-21(11-9-14)18(22)24-19(3,4)5;/h6-7,12-14H,8-11,20H2,1-5H3;1H4. The van der Waals surface area contributed by atoms with Gasteiger partial charge in [-0.1, -0.05) is 13.5 Å². The van der Waals surface area contributed by atoms with Gasteiger partial charge in [-0.15, -0.1) is 0 Å². The van der Waals surface area contributed by atoms with Gasteiger partial charge in [-0.25, -0.2) is 4.79 Å². The summed E-state index contributed by atoms with van der Waals surface area (Å²) in [6.07, 6.45) is 1.72. The molecule has 0 saturated carbocycles. The Balaban J connectivity index is 0.00000312. The maximum atomic E-state index is 12.1. The number of hydrogen-bond donors (Lipinski definition) is 1. The number of nitrogens with zero attached hydrogens (tertiary/aromatic N) is 1. The van der Waals surface area contributed by atoms with Gasteiger partial charge in [0.05, 0.1) is 11.8 Å². The average molecular weight is 351 g/mol. The number of hydrogen-bond acceptors (Lipinski definition) is 4. The summed E-state index contributed by atoms with van der Waals surface area (Å²) < 4.78 is 11.2. The summed E-state index contributed by atoms with van der Waals surface area (Å²) in [5, 5.41) is 0. The van der Waals surface area contributed by atoms with Crippen LogP contribution in [0.5, 0.6) is 5.75 Å². The minimum Gasteiger partial charge on any atom is -0.489 e. The summed E-state index contributed by atoms with van der Waals surface area (Å²) in [7, 11) is 0. The van der Waals surface area contributed by atoms with Crippen LogP contribution in [0.3, 0.4) is 0 Å². The second-order valence-corrected chi connectivity index (χ2v) is 7.71. The molecule has 0 radical (unpaired) electrons. The Kier molecular flexibility index (Phi) is 7.15. The third-order valence-corrected chi connectivity index (χ3v) is 4.02. The largest absolute Gasteiger partial charge is 0.489 e. The van der Waals surface area contributed by atoms with Crippen molar-refractivity contribution in [2.24, 2.45) is 0 Å². The molecule has 0 atom stereocenters. The molecule has 142 valence electrons. The van der Waals surface area contributed by atoms with Gasteiger partial charge in [-0.3, -0.25) is 0 Å². The maximum Gasteiger partial charge on any atom is 0.410 e. The predicted molar refractivity (Wildman–Crippen MR) is 103 cm³/mol. The summed E-state index contributed by atoms with van der Waals surface area (Å²) in [5.41, 5.74) is 7.43. The molecule has 1 aromatic rings. The Morgan fingerprint density at radius 2 is 1.84 bits per heavy atom. The number of amides is 1. The van der Waals surface area contributed by atoms with Crippen LogP contribution in [0.1, 0.15) is 66.4 Å². The van der Waals surface area contributed by atoms with Gasteiger partial charge in [0.2, 0.25) is 0 Å². The van der Waals surface area contributed by atoms with Crippen molar-refractivity contribution < 1.29 is 14.3 Å². The van der Waals surface area contributed by atoms with E-state index >= 15 is 0 Å². The van der Waals surface area contributed by atoms with E-state index in [1.54, 1.807) is 4.90 Å². The molecule has 1 amide bonds. The van der Waals surface area contributed by atoms with E-state index in [4.69, 9.17) is 15.2 Å². The van der Waals surface area contributed by atoms with Crippen molar-refractivity contribution in [2.75, 3.05) is 18.8 Å². The highest BCUT2D eigenvalue weighted by Gasteiger charge is 2.27. The first-order chi connectivity index (χ1) is 11.2. The lowest BCUT2D eigenvalue weighted by molar-refractivity contribution is 0.0204. The van der Waals surface area contributed by atoms with Gasteiger partial charge in [0.25, 0.3) is 0 Å². The van der Waals surface area contributed by atoms with Crippen LogP contribution in [0.25, 0.3) is 0 Å². The molecule has 25 heavy (non-hydrogen) atoms. The number of rotatable bonds is 3. The fourth-order valence-corrected chi connectivity index (χ4v) is 2.88. The molecule has 0 unspecified atom stereocenters. The van der Waals surface area contributed by atoms with Crippen LogP contribution in [-0.2, 0) is 4.74 Å². The number of carbonyl (C=O) groups is 1. The molecule has 5 nitrogen and oxygen atoms in total. The number of ether oxygens (including phenoxy) is 2. The molecule has 0 aromatic heterocycles. The molecule has 0 aliphatic carbocycles. The van der Waals surface area contributed by atoms with E-state index < -0.39 is 5.60 Å². The molecule has 2 rings (SSSR count). The Bertz CT molecular complexity index is 571. The smallest absolute Gasteiger partial charge is 0.410 e. The normalized spacial score (nSPS) is 15.7. The van der Waals surface area contributed by atoms with Crippen molar-refractivity contribution in [3.05, 3.63) is 23.8 Å². The third kappa shape index (κ3) is 6.15. The molecule has 1 fully saturated rings. The van der Waals surface area contributed by atoms with E-state index in [2.05, 4.69) is 6.07 Å². The number of likely N-dealkylation sites (tertiary alicyclic amines) is 1. The Labute approximate surface area is 152 Å². The number of carbonyl (C=O) groups excluding carboxylic acids is 1. The van der Waals surface area contributed by atoms with Gasteiger partial charge in [0.1, 0.15) is 11.4 Å². The van der Waals surface area contributed by atoms with Crippen molar-refractivity contribution >= 4 is 11.8 Å². The summed E-state index contributed by atoms with van der Waals surface area (Å²) in [6, 6.07) is 6.02. The first-order valence-corrected chi connectivity index (χ1v) is 8.69. The zero-order valence-electron chi connectivity index (χ0n) is 15.5. The summed E-state index contributed by atoms with van der Waals surface area (Å²) in [5.74, 6) is 1.16. The van der Waals surface area contributed by atoms with Crippen molar-refractivity contribution in [1.82, 2.24) is 4.90 Å². The molecular weight excluding hydrogens is 316 g/mol. The lowest BCUT2D eigenvalue weighted by Crippen LogP contribution is -2.41. The molecule has 1 aliphatic heterocycles. The highest BCUT2D eigenvalue weighted by Crippen LogP contribution is 2.33. The van der Waals surface area contributed by atoms with E-state index in [1.165, 1.54) is 5.56 Å². The molecule has 0 bridgehead atoms. The third-order valence-electron chi connectivity index (χ3n) is 4.02. The number of nitrogen functional groups attached to an aromatic ring is 1. The van der Waals surface area contributed by atoms with Crippen LogP contribution in [-0.4, -0.2) is 35.8 Å². The first kappa shape index (κ1) is 21.1. The van der Waals surface area contributed by atoms with E-state index in [-0.39, 0.29) is 19.6 Å². The van der Waals surface area contributed by atoms with E-state index in [0.29, 0.717) is 24.7 Å². The second-order valence-electron chi connectivity index (χ2n) is 7.71. The average Bonchev–Trinajstić information content (AvgIpc) is 2.47. The van der Waals surface area contributed by atoms with E-state index in [1.807, 2.05) is 46.8 Å². The summed E-state index contributed by atoms with van der Waals surface area (Å²) >= 11 is 0. The van der Waals surface area contributed by atoms with Gasteiger partial charge < -0.3 is 20.1 Å². The molecule has 1 aromatic carbocycles. The molecular formula is C20H34N2O3. The molecule has 1 aliphatic rings. The molecule has 2 N–H and O–H groups in total. The van der Waals surface area contributed by atoms with Gasteiger partial charge in [-0.2, -0.15) is 0 Å². The minimum absolute atomic E-state index is 0. The zero-order valence-corrected chi connectivity index (χ0v) is 15.5. The van der Waals surface area contributed by atoms with Gasteiger partial charge >= 0.3 is 6.09 Å². The zero-order chi connectivity index (χ0) is 17.9. The minimum atomic E-state index is -0.450. The van der Waals surface area contributed by atoms with Crippen molar-refractivity contribution in [3.8, 4) is 5.75 Å². The lowest BCUT2D eigenvalue weighted by atomic mass is 9.89. The monoisotopic (exact) mass is 350 g/mol. The fraction of sp³-hybridized carbons (Fsp3) is 0.650. The Hall–Kier alpha value is -1.91. The summed E-state index contributed by atoms with van der Waals surface area (Å²) in [4.78, 5) is 13.9. The molecule has 5 heteroatoms. The van der Waals surface area contributed by atoms with Gasteiger partial charge in [0.15, 0.2) is 0 Å². The Morgan fingerprint density at radius 3 is 2.36 bits per heavy atom. The highest BCUT2D eigenvalue weighted by atomic mass is 16.6.